The number of alkyl halides is 3. The lowest BCUT2D eigenvalue weighted by molar-refractivity contribution is -0.138. The predicted octanol–water partition coefficient (Wildman–Crippen LogP) is 3.28. The molecule has 3 nitrogen and oxygen atoms in total. The van der Waals surface area contributed by atoms with Gasteiger partial charge in [0, 0.05) is 0 Å². The summed E-state index contributed by atoms with van der Waals surface area (Å²) in [4.78, 5) is 11.5. The Morgan fingerprint density at radius 1 is 1.33 bits per heavy atom. The fourth-order valence-electron chi connectivity index (χ4n) is 1.33. The highest BCUT2D eigenvalue weighted by atomic mass is 19.4. The van der Waals surface area contributed by atoms with Crippen LogP contribution in [0, 0.1) is 0 Å². The molecule has 0 saturated heterocycles. The van der Waals surface area contributed by atoms with Crippen molar-refractivity contribution in [3.8, 4) is 5.75 Å². The third kappa shape index (κ3) is 3.38. The highest BCUT2D eigenvalue weighted by Gasteiger charge is 2.34. The van der Waals surface area contributed by atoms with Crippen LogP contribution >= 0.6 is 0 Å². The number of halogens is 3. The first-order chi connectivity index (χ1) is 8.40. The van der Waals surface area contributed by atoms with Crippen LogP contribution in [-0.2, 0) is 10.9 Å². The van der Waals surface area contributed by atoms with Crippen molar-refractivity contribution in [2.24, 2.45) is 0 Å². The minimum atomic E-state index is -4.52. The van der Waals surface area contributed by atoms with Gasteiger partial charge in [0.1, 0.15) is 5.75 Å². The Morgan fingerprint density at radius 3 is 2.50 bits per heavy atom. The van der Waals surface area contributed by atoms with Crippen LogP contribution in [0.5, 0.6) is 5.75 Å². The molecular formula is C12H13F3O3. The van der Waals surface area contributed by atoms with Crippen molar-refractivity contribution >= 4 is 5.97 Å². The van der Waals surface area contributed by atoms with Gasteiger partial charge in [0.15, 0.2) is 0 Å². The van der Waals surface area contributed by atoms with Gasteiger partial charge in [-0.05, 0) is 24.6 Å². The Kier molecular flexibility index (Phi) is 4.58. The SMILES string of the molecule is CCCOC(=O)c1ccc(C(F)(F)F)c(OC)c1. The van der Waals surface area contributed by atoms with Gasteiger partial charge in [-0.1, -0.05) is 6.92 Å². The van der Waals surface area contributed by atoms with Crippen LogP contribution in [0.1, 0.15) is 29.3 Å². The number of rotatable bonds is 4. The monoisotopic (exact) mass is 262 g/mol. The first-order valence-corrected chi connectivity index (χ1v) is 5.32. The minimum absolute atomic E-state index is 0.0355. The predicted molar refractivity (Wildman–Crippen MR) is 58.6 cm³/mol. The molecule has 0 unspecified atom stereocenters. The molecule has 0 saturated carbocycles. The van der Waals surface area contributed by atoms with E-state index >= 15 is 0 Å². The molecule has 0 aliphatic heterocycles. The van der Waals surface area contributed by atoms with E-state index in [1.54, 1.807) is 0 Å². The summed E-state index contributed by atoms with van der Waals surface area (Å²) in [5.41, 5.74) is -0.884. The number of carbonyl (C=O) groups excluding carboxylic acids is 1. The van der Waals surface area contributed by atoms with Crippen LogP contribution in [0.4, 0.5) is 13.2 Å². The minimum Gasteiger partial charge on any atom is -0.496 e. The van der Waals surface area contributed by atoms with E-state index in [0.717, 1.165) is 25.3 Å². The molecule has 1 aromatic rings. The third-order valence-electron chi connectivity index (χ3n) is 2.18. The molecule has 6 heteroatoms. The lowest BCUT2D eigenvalue weighted by Gasteiger charge is -2.12. The third-order valence-corrected chi connectivity index (χ3v) is 2.18. The van der Waals surface area contributed by atoms with Crippen molar-refractivity contribution in [1.29, 1.82) is 0 Å². The summed E-state index contributed by atoms with van der Waals surface area (Å²) in [6.07, 6.45) is -3.87. The van der Waals surface area contributed by atoms with E-state index in [2.05, 4.69) is 4.74 Å². The molecule has 0 fully saturated rings. The summed E-state index contributed by atoms with van der Waals surface area (Å²) in [5.74, 6) is -1.06. The number of hydrogen-bond donors (Lipinski definition) is 0. The average Bonchev–Trinajstić information content (AvgIpc) is 2.33. The van der Waals surface area contributed by atoms with Gasteiger partial charge >= 0.3 is 12.1 Å². The maximum Gasteiger partial charge on any atom is 0.419 e. The zero-order valence-electron chi connectivity index (χ0n) is 10.0. The molecule has 0 heterocycles. The lowest BCUT2D eigenvalue weighted by atomic mass is 10.1. The smallest absolute Gasteiger partial charge is 0.419 e. The van der Waals surface area contributed by atoms with Gasteiger partial charge in [0.05, 0.1) is 24.8 Å². The van der Waals surface area contributed by atoms with Gasteiger partial charge in [-0.25, -0.2) is 4.79 Å². The summed E-state index contributed by atoms with van der Waals surface area (Å²) in [6, 6.07) is 2.91. The summed E-state index contributed by atoms with van der Waals surface area (Å²) in [6.45, 7) is 2.04. The van der Waals surface area contributed by atoms with Crippen LogP contribution in [-0.4, -0.2) is 19.7 Å². The summed E-state index contributed by atoms with van der Waals surface area (Å²) in [7, 11) is 1.12. The number of carbonyl (C=O) groups is 1. The van der Waals surface area contributed by atoms with Crippen molar-refractivity contribution in [2.75, 3.05) is 13.7 Å². The van der Waals surface area contributed by atoms with Crippen molar-refractivity contribution in [3.05, 3.63) is 29.3 Å². The Morgan fingerprint density at radius 2 is 2.00 bits per heavy atom. The van der Waals surface area contributed by atoms with Crippen molar-refractivity contribution < 1.29 is 27.4 Å². The second kappa shape index (κ2) is 5.75. The van der Waals surface area contributed by atoms with E-state index in [0.29, 0.717) is 6.42 Å². The van der Waals surface area contributed by atoms with Gasteiger partial charge in [0.25, 0.3) is 0 Å². The van der Waals surface area contributed by atoms with Crippen LogP contribution in [0.3, 0.4) is 0 Å². The molecule has 0 spiro atoms. The Bertz CT molecular complexity index is 427. The summed E-state index contributed by atoms with van der Waals surface area (Å²) >= 11 is 0. The molecule has 0 aliphatic carbocycles. The van der Waals surface area contributed by atoms with Gasteiger partial charge in [-0.15, -0.1) is 0 Å². The fraction of sp³-hybridized carbons (Fsp3) is 0.417. The highest BCUT2D eigenvalue weighted by Crippen LogP contribution is 2.36. The molecule has 18 heavy (non-hydrogen) atoms. The van der Waals surface area contributed by atoms with Crippen LogP contribution < -0.4 is 4.74 Å². The molecule has 0 N–H and O–H groups in total. The second-order valence-corrected chi connectivity index (χ2v) is 3.55. The largest absolute Gasteiger partial charge is 0.496 e. The number of ether oxygens (including phenoxy) is 2. The molecular weight excluding hydrogens is 249 g/mol. The zero-order chi connectivity index (χ0) is 13.8. The second-order valence-electron chi connectivity index (χ2n) is 3.55. The molecule has 0 aromatic heterocycles. The summed E-state index contributed by atoms with van der Waals surface area (Å²) < 4.78 is 47.2. The van der Waals surface area contributed by atoms with Crippen LogP contribution in [0.15, 0.2) is 18.2 Å². The van der Waals surface area contributed by atoms with E-state index in [1.807, 2.05) is 6.92 Å². The van der Waals surface area contributed by atoms with E-state index < -0.39 is 23.5 Å². The van der Waals surface area contributed by atoms with Crippen molar-refractivity contribution in [2.45, 2.75) is 19.5 Å². The number of benzene rings is 1. The number of esters is 1. The van der Waals surface area contributed by atoms with Gasteiger partial charge in [-0.2, -0.15) is 13.2 Å². The highest BCUT2D eigenvalue weighted by molar-refractivity contribution is 5.90. The number of hydrogen-bond acceptors (Lipinski definition) is 3. The van der Waals surface area contributed by atoms with E-state index in [-0.39, 0.29) is 12.2 Å². The van der Waals surface area contributed by atoms with Gasteiger partial charge in [0.2, 0.25) is 0 Å². The van der Waals surface area contributed by atoms with Gasteiger partial charge < -0.3 is 9.47 Å². The fourth-order valence-corrected chi connectivity index (χ4v) is 1.33. The van der Waals surface area contributed by atoms with Crippen LogP contribution in [0.2, 0.25) is 0 Å². The quantitative estimate of drug-likeness (QED) is 0.781. The number of methoxy groups -OCH3 is 1. The van der Waals surface area contributed by atoms with Crippen LogP contribution in [0.25, 0.3) is 0 Å². The molecule has 1 rings (SSSR count). The van der Waals surface area contributed by atoms with Gasteiger partial charge in [-0.3, -0.25) is 0 Å². The van der Waals surface area contributed by atoms with E-state index in [1.165, 1.54) is 0 Å². The maximum absolute atomic E-state index is 12.6. The molecule has 0 radical (unpaired) electrons. The molecule has 1 aromatic carbocycles. The molecule has 0 aliphatic rings. The molecule has 0 amide bonds. The van der Waals surface area contributed by atoms with E-state index in [4.69, 9.17) is 4.74 Å². The first-order valence-electron chi connectivity index (χ1n) is 5.32. The molecule has 0 bridgehead atoms. The standard InChI is InChI=1S/C12H13F3O3/c1-3-6-18-11(16)8-4-5-9(12(13,14)15)10(7-8)17-2/h4-5,7H,3,6H2,1-2H3. The Balaban J connectivity index is 3.02. The normalized spacial score (nSPS) is 11.2. The zero-order valence-corrected chi connectivity index (χ0v) is 10.0. The molecule has 0 atom stereocenters. The first kappa shape index (κ1) is 14.3. The maximum atomic E-state index is 12.6. The average molecular weight is 262 g/mol. The van der Waals surface area contributed by atoms with Crippen molar-refractivity contribution in [1.82, 2.24) is 0 Å². The Labute approximate surface area is 103 Å². The van der Waals surface area contributed by atoms with E-state index in [9.17, 15) is 18.0 Å². The van der Waals surface area contributed by atoms with Crippen molar-refractivity contribution in [3.63, 3.8) is 0 Å². The lowest BCUT2D eigenvalue weighted by Crippen LogP contribution is -2.10. The Hall–Kier alpha value is -1.72. The topological polar surface area (TPSA) is 35.5 Å². The summed E-state index contributed by atoms with van der Waals surface area (Å²) in [5, 5.41) is 0. The molecule has 100 valence electrons.